The number of benzene rings is 1. The van der Waals surface area contributed by atoms with Crippen LogP contribution in [0, 0.1) is 5.92 Å². The molecule has 0 spiro atoms. The molecule has 0 saturated carbocycles. The quantitative estimate of drug-likeness (QED) is 0.844. The summed E-state index contributed by atoms with van der Waals surface area (Å²) in [6.07, 6.45) is 1.34. The molecular weight excluding hydrogens is 374 g/mol. The number of hydrogen-bond acceptors (Lipinski definition) is 3. The zero-order valence-electron chi connectivity index (χ0n) is 14.3. The van der Waals surface area contributed by atoms with Gasteiger partial charge in [-0.3, -0.25) is 9.59 Å². The van der Waals surface area contributed by atoms with E-state index >= 15 is 0 Å². The third-order valence-corrected chi connectivity index (χ3v) is 4.72. The number of halogens is 1. The highest BCUT2D eigenvalue weighted by atomic mass is 79.9. The maximum atomic E-state index is 12.4. The van der Waals surface area contributed by atoms with Gasteiger partial charge in [-0.2, -0.15) is 0 Å². The van der Waals surface area contributed by atoms with Crippen molar-refractivity contribution in [1.82, 2.24) is 4.90 Å². The van der Waals surface area contributed by atoms with Crippen LogP contribution in [0.5, 0.6) is 5.75 Å². The number of nitrogens with zero attached hydrogens (tertiary/aromatic N) is 1. The summed E-state index contributed by atoms with van der Waals surface area (Å²) in [6.45, 7) is 7.06. The van der Waals surface area contributed by atoms with Crippen molar-refractivity contribution in [3.63, 3.8) is 0 Å². The second kappa shape index (κ2) is 7.55. The number of carboxylic acids is 1. The number of likely N-dealkylation sites (tertiary alicyclic amines) is 1. The van der Waals surface area contributed by atoms with Crippen LogP contribution in [0.1, 0.15) is 39.2 Å². The van der Waals surface area contributed by atoms with Gasteiger partial charge < -0.3 is 14.7 Å². The van der Waals surface area contributed by atoms with E-state index in [-0.39, 0.29) is 24.5 Å². The van der Waals surface area contributed by atoms with E-state index in [9.17, 15) is 9.59 Å². The first-order valence-corrected chi connectivity index (χ1v) is 8.91. The van der Waals surface area contributed by atoms with Gasteiger partial charge in [0.1, 0.15) is 5.75 Å². The van der Waals surface area contributed by atoms with Gasteiger partial charge in [0.25, 0.3) is 5.91 Å². The average molecular weight is 398 g/mol. The van der Waals surface area contributed by atoms with Crippen LogP contribution in [-0.4, -0.2) is 41.6 Å². The van der Waals surface area contributed by atoms with Crippen molar-refractivity contribution >= 4 is 27.8 Å². The molecule has 1 heterocycles. The number of aliphatic carboxylic acids is 1. The Morgan fingerprint density at radius 3 is 2.71 bits per heavy atom. The first kappa shape index (κ1) is 18.8. The van der Waals surface area contributed by atoms with Crippen LogP contribution in [0.2, 0.25) is 0 Å². The monoisotopic (exact) mass is 397 g/mol. The summed E-state index contributed by atoms with van der Waals surface area (Å²) < 4.78 is 6.73. The van der Waals surface area contributed by atoms with Gasteiger partial charge in [-0.25, -0.2) is 0 Å². The lowest BCUT2D eigenvalue weighted by atomic mass is 9.86. The zero-order valence-corrected chi connectivity index (χ0v) is 15.9. The molecule has 1 aliphatic heterocycles. The minimum Gasteiger partial charge on any atom is -0.483 e. The van der Waals surface area contributed by atoms with Crippen molar-refractivity contribution < 1.29 is 19.4 Å². The van der Waals surface area contributed by atoms with Crippen LogP contribution in [-0.2, 0) is 15.0 Å². The van der Waals surface area contributed by atoms with Crippen molar-refractivity contribution in [2.24, 2.45) is 5.92 Å². The van der Waals surface area contributed by atoms with E-state index in [0.29, 0.717) is 25.1 Å². The first-order valence-electron chi connectivity index (χ1n) is 8.12. The lowest BCUT2D eigenvalue weighted by molar-refractivity contribution is -0.146. The highest BCUT2D eigenvalue weighted by Crippen LogP contribution is 2.33. The van der Waals surface area contributed by atoms with E-state index in [2.05, 4.69) is 36.7 Å². The van der Waals surface area contributed by atoms with E-state index in [4.69, 9.17) is 9.84 Å². The smallest absolute Gasteiger partial charge is 0.308 e. The van der Waals surface area contributed by atoms with Crippen molar-refractivity contribution in [1.29, 1.82) is 0 Å². The Labute approximate surface area is 151 Å². The topological polar surface area (TPSA) is 66.8 Å². The largest absolute Gasteiger partial charge is 0.483 e. The standard InChI is InChI=1S/C18H24BrNO4/c1-18(2,3)14-9-13(19)6-7-15(14)24-11-16(21)20-8-4-5-12(10-20)17(22)23/h6-7,9,12H,4-5,8,10-11H2,1-3H3,(H,22,23). The molecule has 0 aromatic heterocycles. The van der Waals surface area contributed by atoms with Crippen LogP contribution < -0.4 is 4.74 Å². The Morgan fingerprint density at radius 1 is 1.38 bits per heavy atom. The summed E-state index contributed by atoms with van der Waals surface area (Å²) in [6, 6.07) is 5.74. The highest BCUT2D eigenvalue weighted by Gasteiger charge is 2.28. The lowest BCUT2D eigenvalue weighted by Crippen LogP contribution is -2.44. The number of piperidine rings is 1. The molecule has 2 rings (SSSR count). The summed E-state index contributed by atoms with van der Waals surface area (Å²) in [7, 11) is 0. The molecule has 1 fully saturated rings. The minimum absolute atomic E-state index is 0.0724. The van der Waals surface area contributed by atoms with E-state index in [1.54, 1.807) is 4.90 Å². The third-order valence-electron chi connectivity index (χ3n) is 4.22. The molecule has 1 atom stereocenters. The van der Waals surface area contributed by atoms with E-state index in [1.165, 1.54) is 0 Å². The Kier molecular flexibility index (Phi) is 5.91. The Morgan fingerprint density at radius 2 is 2.08 bits per heavy atom. The van der Waals surface area contributed by atoms with Crippen LogP contribution in [0.15, 0.2) is 22.7 Å². The molecule has 1 aromatic rings. The van der Waals surface area contributed by atoms with Crippen molar-refractivity contribution in [2.75, 3.05) is 19.7 Å². The number of carbonyl (C=O) groups is 2. The maximum Gasteiger partial charge on any atom is 0.308 e. The minimum atomic E-state index is -0.837. The molecule has 1 aromatic carbocycles. The molecule has 0 aliphatic carbocycles. The Balaban J connectivity index is 2.03. The van der Waals surface area contributed by atoms with Gasteiger partial charge in [0.2, 0.25) is 0 Å². The van der Waals surface area contributed by atoms with Gasteiger partial charge >= 0.3 is 5.97 Å². The molecule has 1 aliphatic rings. The molecule has 1 N–H and O–H groups in total. The van der Waals surface area contributed by atoms with E-state index in [1.807, 2.05) is 18.2 Å². The summed E-state index contributed by atoms with van der Waals surface area (Å²) in [4.78, 5) is 25.1. The fraction of sp³-hybridized carbons (Fsp3) is 0.556. The van der Waals surface area contributed by atoms with Crippen LogP contribution in [0.3, 0.4) is 0 Å². The predicted molar refractivity (Wildman–Crippen MR) is 95.3 cm³/mol. The lowest BCUT2D eigenvalue weighted by Gasteiger charge is -2.31. The summed E-state index contributed by atoms with van der Waals surface area (Å²) in [5, 5.41) is 9.12. The van der Waals surface area contributed by atoms with Crippen molar-refractivity contribution in [3.05, 3.63) is 28.2 Å². The fourth-order valence-corrected chi connectivity index (χ4v) is 3.21. The number of amides is 1. The first-order chi connectivity index (χ1) is 11.2. The molecule has 5 nitrogen and oxygen atoms in total. The van der Waals surface area contributed by atoms with Gasteiger partial charge in [0.15, 0.2) is 6.61 Å². The highest BCUT2D eigenvalue weighted by molar-refractivity contribution is 9.10. The third kappa shape index (κ3) is 4.72. The molecule has 24 heavy (non-hydrogen) atoms. The van der Waals surface area contributed by atoms with Crippen LogP contribution >= 0.6 is 15.9 Å². The molecule has 1 saturated heterocycles. The Bertz CT molecular complexity index is 624. The molecule has 132 valence electrons. The molecule has 0 radical (unpaired) electrons. The summed E-state index contributed by atoms with van der Waals surface area (Å²) in [5.41, 5.74) is 0.911. The molecule has 1 unspecified atom stereocenters. The van der Waals surface area contributed by atoms with Crippen molar-refractivity contribution in [3.8, 4) is 5.75 Å². The number of carbonyl (C=O) groups excluding carboxylic acids is 1. The maximum absolute atomic E-state index is 12.4. The second-order valence-corrected chi connectivity index (χ2v) is 8.11. The number of ether oxygens (including phenoxy) is 1. The molecule has 0 bridgehead atoms. The number of rotatable bonds is 4. The SMILES string of the molecule is CC(C)(C)c1cc(Br)ccc1OCC(=O)N1CCCC(C(=O)O)C1. The molecule has 1 amide bonds. The number of carboxylic acid groups (broad SMARTS) is 1. The van der Waals surface area contributed by atoms with E-state index < -0.39 is 11.9 Å². The van der Waals surface area contributed by atoms with Crippen LogP contribution in [0.25, 0.3) is 0 Å². The van der Waals surface area contributed by atoms with E-state index in [0.717, 1.165) is 10.0 Å². The fourth-order valence-electron chi connectivity index (χ4n) is 2.85. The Hall–Kier alpha value is -1.56. The zero-order chi connectivity index (χ0) is 17.9. The summed E-state index contributed by atoms with van der Waals surface area (Å²) in [5.74, 6) is -0.786. The predicted octanol–water partition coefficient (Wildman–Crippen LogP) is 3.45. The molecule has 6 heteroatoms. The van der Waals surface area contributed by atoms with Gasteiger partial charge in [0.05, 0.1) is 5.92 Å². The van der Waals surface area contributed by atoms with Crippen molar-refractivity contribution in [2.45, 2.75) is 39.0 Å². The second-order valence-electron chi connectivity index (χ2n) is 7.20. The molecular formula is C18H24BrNO4. The van der Waals surface area contributed by atoms with Gasteiger partial charge in [-0.15, -0.1) is 0 Å². The number of hydrogen-bond donors (Lipinski definition) is 1. The van der Waals surface area contributed by atoms with Gasteiger partial charge in [0, 0.05) is 23.1 Å². The van der Waals surface area contributed by atoms with Gasteiger partial charge in [-0.1, -0.05) is 36.7 Å². The average Bonchev–Trinajstić information content (AvgIpc) is 2.52. The normalized spacial score (nSPS) is 18.3. The summed E-state index contributed by atoms with van der Waals surface area (Å²) >= 11 is 3.47. The van der Waals surface area contributed by atoms with Gasteiger partial charge in [-0.05, 0) is 36.5 Å². The van der Waals surface area contributed by atoms with Crippen LogP contribution in [0.4, 0.5) is 0 Å².